The third-order valence-electron chi connectivity index (χ3n) is 4.97. The van der Waals surface area contributed by atoms with Crippen molar-refractivity contribution in [2.75, 3.05) is 6.61 Å². The Bertz CT molecular complexity index is 962. The Hall–Kier alpha value is -2.22. The Morgan fingerprint density at radius 1 is 1.08 bits per heavy atom. The number of fused-ring (bicyclic) bond motifs is 3. The van der Waals surface area contributed by atoms with Crippen LogP contribution in [0.5, 0.6) is 0 Å². The summed E-state index contributed by atoms with van der Waals surface area (Å²) in [7, 11) is -4.17. The molecular formula is C19H18O6S. The number of hydrogen-bond donors (Lipinski definition) is 1. The van der Waals surface area contributed by atoms with Gasteiger partial charge in [0.15, 0.2) is 0 Å². The fourth-order valence-electron chi connectivity index (χ4n) is 3.64. The van der Waals surface area contributed by atoms with Gasteiger partial charge in [-0.05, 0) is 54.2 Å². The van der Waals surface area contributed by atoms with Crippen LogP contribution in [0.2, 0.25) is 0 Å². The van der Waals surface area contributed by atoms with Crippen molar-refractivity contribution in [3.05, 3.63) is 64.2 Å². The van der Waals surface area contributed by atoms with Gasteiger partial charge in [0.2, 0.25) is 0 Å². The zero-order valence-corrected chi connectivity index (χ0v) is 14.8. The molecule has 4 rings (SSSR count). The number of aryl methyl sites for hydroxylation is 1. The zero-order valence-electron chi connectivity index (χ0n) is 14.0. The first-order valence-corrected chi connectivity index (χ1v) is 9.87. The molecule has 2 aliphatic heterocycles. The largest absolute Gasteiger partial charge is 0.457 e. The highest BCUT2D eigenvalue weighted by atomic mass is 32.2. The predicted octanol–water partition coefficient (Wildman–Crippen LogP) is 2.85. The van der Waals surface area contributed by atoms with E-state index in [1.54, 1.807) is 12.1 Å². The Balaban J connectivity index is 1.52. The van der Waals surface area contributed by atoms with Crippen LogP contribution in [0.25, 0.3) is 0 Å². The van der Waals surface area contributed by atoms with Gasteiger partial charge in [-0.25, -0.2) is 4.79 Å². The SMILES string of the molecule is O=C1OCc2c1ccc1c2CCOC1CCc1ccc(S(=O)(=O)O)cc1. The van der Waals surface area contributed by atoms with Crippen molar-refractivity contribution in [3.8, 4) is 0 Å². The Kier molecular flexibility index (Phi) is 4.30. The second kappa shape index (κ2) is 6.50. The number of carbonyl (C=O) groups excluding carboxylic acids is 1. The van der Waals surface area contributed by atoms with E-state index in [2.05, 4.69) is 0 Å². The Labute approximate surface area is 151 Å². The molecule has 6 nitrogen and oxygen atoms in total. The van der Waals surface area contributed by atoms with Gasteiger partial charge in [0.05, 0.1) is 23.2 Å². The summed E-state index contributed by atoms with van der Waals surface area (Å²) in [5.74, 6) is -0.259. The molecule has 1 N–H and O–H groups in total. The number of rotatable bonds is 4. The standard InChI is InChI=1S/C19H18O6S/c20-19-16-7-6-15-14(17(16)11-25-19)9-10-24-18(15)8-3-12-1-4-13(5-2-12)26(21,22)23/h1-2,4-7,18H,3,8-11H2,(H,21,22,23). The molecule has 0 spiro atoms. The van der Waals surface area contributed by atoms with Crippen molar-refractivity contribution >= 4 is 16.1 Å². The van der Waals surface area contributed by atoms with Gasteiger partial charge in [0.1, 0.15) is 6.61 Å². The van der Waals surface area contributed by atoms with Crippen molar-refractivity contribution in [3.63, 3.8) is 0 Å². The fourth-order valence-corrected chi connectivity index (χ4v) is 4.12. The minimum absolute atomic E-state index is 0.0685. The van der Waals surface area contributed by atoms with Gasteiger partial charge in [-0.3, -0.25) is 4.55 Å². The van der Waals surface area contributed by atoms with E-state index in [4.69, 9.17) is 14.0 Å². The van der Waals surface area contributed by atoms with Crippen LogP contribution in [-0.4, -0.2) is 25.5 Å². The van der Waals surface area contributed by atoms with E-state index in [9.17, 15) is 13.2 Å². The third-order valence-corrected chi connectivity index (χ3v) is 5.84. The number of ether oxygens (including phenoxy) is 2. The van der Waals surface area contributed by atoms with Crippen molar-refractivity contribution in [1.82, 2.24) is 0 Å². The molecule has 0 radical (unpaired) electrons. The van der Waals surface area contributed by atoms with E-state index in [0.29, 0.717) is 25.2 Å². The molecule has 0 saturated carbocycles. The Morgan fingerprint density at radius 2 is 1.85 bits per heavy atom. The minimum Gasteiger partial charge on any atom is -0.457 e. The van der Waals surface area contributed by atoms with Crippen molar-refractivity contribution < 1.29 is 27.2 Å². The first-order valence-electron chi connectivity index (χ1n) is 8.43. The molecule has 1 unspecified atom stereocenters. The molecule has 2 aromatic rings. The maximum Gasteiger partial charge on any atom is 0.338 e. The maximum absolute atomic E-state index is 11.7. The van der Waals surface area contributed by atoms with Crippen molar-refractivity contribution in [2.45, 2.75) is 36.9 Å². The minimum atomic E-state index is -4.17. The van der Waals surface area contributed by atoms with Crippen LogP contribution in [0.1, 0.15) is 45.1 Å². The van der Waals surface area contributed by atoms with Gasteiger partial charge < -0.3 is 9.47 Å². The number of carbonyl (C=O) groups is 1. The summed E-state index contributed by atoms with van der Waals surface area (Å²) in [5.41, 5.74) is 4.87. The average Bonchev–Trinajstić information content (AvgIpc) is 3.01. The second-order valence-corrected chi connectivity index (χ2v) is 7.92. The summed E-state index contributed by atoms with van der Waals surface area (Å²) in [5, 5.41) is 0. The molecule has 2 aliphatic rings. The van der Waals surface area contributed by atoms with E-state index in [0.717, 1.165) is 35.1 Å². The molecule has 26 heavy (non-hydrogen) atoms. The van der Waals surface area contributed by atoms with Crippen LogP contribution in [0.15, 0.2) is 41.3 Å². The third kappa shape index (κ3) is 3.13. The lowest BCUT2D eigenvalue weighted by molar-refractivity contribution is 0.0362. The zero-order chi connectivity index (χ0) is 18.3. The molecule has 7 heteroatoms. The molecule has 136 valence electrons. The number of cyclic esters (lactones) is 1. The van der Waals surface area contributed by atoms with Gasteiger partial charge in [-0.15, -0.1) is 0 Å². The number of benzene rings is 2. The maximum atomic E-state index is 11.7. The summed E-state index contributed by atoms with van der Waals surface area (Å²) < 4.78 is 42.3. The highest BCUT2D eigenvalue weighted by Gasteiger charge is 2.30. The lowest BCUT2D eigenvalue weighted by Crippen LogP contribution is -2.19. The first kappa shape index (κ1) is 17.2. The molecule has 0 bridgehead atoms. The molecule has 0 saturated heterocycles. The monoisotopic (exact) mass is 374 g/mol. The van der Waals surface area contributed by atoms with Gasteiger partial charge in [-0.1, -0.05) is 18.2 Å². The summed E-state index contributed by atoms with van der Waals surface area (Å²) in [4.78, 5) is 11.6. The first-order chi connectivity index (χ1) is 12.4. The normalized spacial score (nSPS) is 19.0. The smallest absolute Gasteiger partial charge is 0.338 e. The molecule has 1 atom stereocenters. The van der Waals surface area contributed by atoms with Crippen LogP contribution < -0.4 is 0 Å². The molecule has 0 amide bonds. The lowest BCUT2D eigenvalue weighted by Gasteiger charge is -2.27. The second-order valence-electron chi connectivity index (χ2n) is 6.50. The number of hydrogen-bond acceptors (Lipinski definition) is 5. The summed E-state index contributed by atoms with van der Waals surface area (Å²) in [6.07, 6.45) is 2.16. The van der Waals surface area contributed by atoms with Crippen LogP contribution >= 0.6 is 0 Å². The van der Waals surface area contributed by atoms with Crippen LogP contribution in [-0.2, 0) is 39.0 Å². The molecule has 2 heterocycles. The van der Waals surface area contributed by atoms with E-state index in [1.807, 2.05) is 12.1 Å². The van der Waals surface area contributed by atoms with Gasteiger partial charge in [-0.2, -0.15) is 8.42 Å². The van der Waals surface area contributed by atoms with E-state index in [1.165, 1.54) is 12.1 Å². The molecule has 0 aromatic heterocycles. The average molecular weight is 374 g/mol. The summed E-state index contributed by atoms with van der Waals surface area (Å²) in [6, 6.07) is 9.95. The van der Waals surface area contributed by atoms with E-state index in [-0.39, 0.29) is 17.0 Å². The lowest BCUT2D eigenvalue weighted by atomic mass is 9.88. The molecule has 0 fully saturated rings. The summed E-state index contributed by atoms with van der Waals surface area (Å²) >= 11 is 0. The Morgan fingerprint density at radius 3 is 2.58 bits per heavy atom. The van der Waals surface area contributed by atoms with Crippen molar-refractivity contribution in [1.29, 1.82) is 0 Å². The molecular weight excluding hydrogens is 356 g/mol. The summed E-state index contributed by atoms with van der Waals surface area (Å²) in [6.45, 7) is 0.936. The van der Waals surface area contributed by atoms with Crippen molar-refractivity contribution in [2.24, 2.45) is 0 Å². The van der Waals surface area contributed by atoms with Gasteiger partial charge >= 0.3 is 5.97 Å². The topological polar surface area (TPSA) is 89.9 Å². The van der Waals surface area contributed by atoms with Gasteiger partial charge in [0, 0.05) is 5.56 Å². The van der Waals surface area contributed by atoms with E-state index >= 15 is 0 Å². The van der Waals surface area contributed by atoms with Crippen LogP contribution in [0, 0.1) is 0 Å². The van der Waals surface area contributed by atoms with Crippen LogP contribution in [0.3, 0.4) is 0 Å². The quantitative estimate of drug-likeness (QED) is 0.654. The number of esters is 1. The van der Waals surface area contributed by atoms with Gasteiger partial charge in [0.25, 0.3) is 10.1 Å². The fraction of sp³-hybridized carbons (Fsp3) is 0.316. The molecule has 2 aromatic carbocycles. The predicted molar refractivity (Wildman–Crippen MR) is 92.5 cm³/mol. The van der Waals surface area contributed by atoms with Crippen LogP contribution in [0.4, 0.5) is 0 Å². The highest BCUT2D eigenvalue weighted by molar-refractivity contribution is 7.85. The highest BCUT2D eigenvalue weighted by Crippen LogP contribution is 2.36. The van der Waals surface area contributed by atoms with E-state index < -0.39 is 10.1 Å². The molecule has 0 aliphatic carbocycles.